The summed E-state index contributed by atoms with van der Waals surface area (Å²) in [5.41, 5.74) is -6.13. The normalized spacial score (nSPS) is 37.2. The van der Waals surface area contributed by atoms with Crippen molar-refractivity contribution >= 4 is 41.8 Å². The molecule has 0 aromatic carbocycles. The Hall–Kier alpha value is -4.01. The minimum atomic E-state index is -1.95. The molecule has 4 aliphatic rings. The summed E-state index contributed by atoms with van der Waals surface area (Å²) in [4.78, 5) is 90.8. The zero-order chi connectivity index (χ0) is 37.0. The predicted molar refractivity (Wildman–Crippen MR) is 164 cm³/mol. The Bertz CT molecular complexity index is 1480. The number of esters is 7. The summed E-state index contributed by atoms with van der Waals surface area (Å²) in [6, 6.07) is 0. The lowest BCUT2D eigenvalue weighted by Gasteiger charge is -2.69. The highest BCUT2D eigenvalue weighted by Crippen LogP contribution is 2.67. The van der Waals surface area contributed by atoms with Crippen LogP contribution in [0.15, 0.2) is 11.1 Å². The fourth-order valence-corrected chi connectivity index (χ4v) is 9.04. The lowest BCUT2D eigenvalue weighted by molar-refractivity contribution is -0.367. The van der Waals surface area contributed by atoms with Gasteiger partial charge in [0, 0.05) is 66.7 Å². The van der Waals surface area contributed by atoms with Gasteiger partial charge in [0.1, 0.15) is 24.4 Å². The maximum absolute atomic E-state index is 13.3. The molecular formula is C34H46O15. The highest BCUT2D eigenvalue weighted by atomic mass is 16.6. The third-order valence-electron chi connectivity index (χ3n) is 10.6. The van der Waals surface area contributed by atoms with Crippen LogP contribution in [-0.4, -0.2) is 96.2 Å². The summed E-state index contributed by atoms with van der Waals surface area (Å²) >= 11 is 0. The number of ether oxygens (including phenoxy) is 8. The average molecular weight is 695 g/mol. The van der Waals surface area contributed by atoms with Crippen LogP contribution in [0.3, 0.4) is 0 Å². The zero-order valence-electron chi connectivity index (χ0n) is 29.8. The smallest absolute Gasteiger partial charge is 0.303 e. The van der Waals surface area contributed by atoms with E-state index in [0.717, 1.165) is 27.7 Å². The van der Waals surface area contributed by atoms with Gasteiger partial charge in [0.25, 0.3) is 0 Å². The minimum Gasteiger partial charge on any atom is -0.462 e. The molecule has 15 nitrogen and oxygen atoms in total. The Balaban J connectivity index is 2.31. The number of hydrogen-bond acceptors (Lipinski definition) is 15. The summed E-state index contributed by atoms with van der Waals surface area (Å²) < 4.78 is 48.6. The summed E-state index contributed by atoms with van der Waals surface area (Å²) in [6.45, 7) is 14.5. The summed E-state index contributed by atoms with van der Waals surface area (Å²) in [6.07, 6.45) is -8.19. The van der Waals surface area contributed by atoms with Crippen LogP contribution >= 0.6 is 0 Å². The number of rotatable bonds is 7. The zero-order valence-corrected chi connectivity index (χ0v) is 29.8. The number of hydrogen-bond donors (Lipinski definition) is 0. The number of carbonyl (C=O) groups excluding carboxylic acids is 7. The SMILES string of the molecule is CC(=O)O[C@H]1C[C@@]2(OC(C)=O)[C@@H](OC(C)=O)[C@H]3[C@]4(OC(C)=O)CO[C@@H]4C[C@H](OC(C)=O)[C@@]3(C)[C@@H](OC(C)=O)[C@H](OC(C)=O)C(=C1C)C2(C)C. The van der Waals surface area contributed by atoms with Crippen molar-refractivity contribution in [2.24, 2.45) is 16.7 Å². The monoisotopic (exact) mass is 694 g/mol. The third-order valence-corrected chi connectivity index (χ3v) is 10.6. The van der Waals surface area contributed by atoms with Crippen molar-refractivity contribution in [1.82, 2.24) is 0 Å². The summed E-state index contributed by atoms with van der Waals surface area (Å²) in [5, 5.41) is 0. The van der Waals surface area contributed by atoms with Gasteiger partial charge >= 0.3 is 41.8 Å². The van der Waals surface area contributed by atoms with E-state index < -0.39 is 106 Å². The number of fused-ring (bicyclic) bond motifs is 5. The fraction of sp³-hybridized carbons (Fsp3) is 0.735. The molecule has 272 valence electrons. The second kappa shape index (κ2) is 13.0. The Morgan fingerprint density at radius 3 is 1.61 bits per heavy atom. The topological polar surface area (TPSA) is 193 Å². The molecule has 3 fully saturated rings. The highest BCUT2D eigenvalue weighted by molar-refractivity contribution is 5.72. The molecule has 1 heterocycles. The van der Waals surface area contributed by atoms with Gasteiger partial charge in [-0.3, -0.25) is 33.6 Å². The predicted octanol–water partition coefficient (Wildman–Crippen LogP) is 2.43. The third kappa shape index (κ3) is 6.18. The molecule has 4 rings (SSSR count). The molecule has 10 atom stereocenters. The van der Waals surface area contributed by atoms with Crippen LogP contribution < -0.4 is 0 Å². The minimum absolute atomic E-state index is 0.0741. The van der Waals surface area contributed by atoms with E-state index in [0.29, 0.717) is 5.57 Å². The van der Waals surface area contributed by atoms with Crippen molar-refractivity contribution in [3.05, 3.63) is 11.1 Å². The van der Waals surface area contributed by atoms with Crippen LogP contribution in [0, 0.1) is 16.7 Å². The standard InChI is InChI=1S/C34H46O15/c1-15-23(43-16(2)35)13-34(49-22(8)41)30(47-20(6)39)28-32(11,24(44-17(3)36)12-25-33(28,14-42-25)48-21(7)40)29(46-19(5)38)27(45-18(4)37)26(15)31(34,9)10/h23-25,27-30H,12-14H2,1-11H3/t23-,24-,25+,27+,28+,29-,30-,32+,33-,34+/m0/s1. The van der Waals surface area contributed by atoms with Gasteiger partial charge in [0.05, 0.1) is 17.9 Å². The molecule has 0 radical (unpaired) electrons. The van der Waals surface area contributed by atoms with E-state index in [1.165, 1.54) is 20.8 Å². The van der Waals surface area contributed by atoms with Gasteiger partial charge in [-0.1, -0.05) is 20.8 Å². The van der Waals surface area contributed by atoms with E-state index in [1.54, 1.807) is 27.7 Å². The molecule has 49 heavy (non-hydrogen) atoms. The van der Waals surface area contributed by atoms with Gasteiger partial charge in [-0.05, 0) is 18.1 Å². The van der Waals surface area contributed by atoms with Gasteiger partial charge in [-0.25, -0.2) is 0 Å². The van der Waals surface area contributed by atoms with Crippen molar-refractivity contribution in [2.75, 3.05) is 6.61 Å². The molecule has 0 spiro atoms. The lowest BCUT2D eigenvalue weighted by Crippen LogP contribution is -2.83. The number of carbonyl (C=O) groups is 7. The molecule has 0 amide bonds. The van der Waals surface area contributed by atoms with Gasteiger partial charge in [0.2, 0.25) is 0 Å². The highest BCUT2D eigenvalue weighted by Gasteiger charge is 2.80. The van der Waals surface area contributed by atoms with Crippen LogP contribution in [0.5, 0.6) is 0 Å². The van der Waals surface area contributed by atoms with E-state index in [2.05, 4.69) is 0 Å². The van der Waals surface area contributed by atoms with E-state index >= 15 is 0 Å². The lowest BCUT2D eigenvalue weighted by atomic mass is 9.44. The quantitative estimate of drug-likeness (QED) is 0.214. The van der Waals surface area contributed by atoms with Crippen molar-refractivity contribution in [2.45, 2.75) is 137 Å². The molecule has 1 saturated heterocycles. The molecular weight excluding hydrogens is 648 g/mol. The van der Waals surface area contributed by atoms with Crippen molar-refractivity contribution in [1.29, 1.82) is 0 Å². The average Bonchev–Trinajstić information content (AvgIpc) is 2.91. The first-order valence-corrected chi connectivity index (χ1v) is 16.1. The first kappa shape index (κ1) is 37.8. The first-order valence-electron chi connectivity index (χ1n) is 16.1. The Labute approximate surface area is 284 Å². The Morgan fingerprint density at radius 2 is 1.16 bits per heavy atom. The van der Waals surface area contributed by atoms with E-state index in [9.17, 15) is 33.6 Å². The van der Waals surface area contributed by atoms with E-state index in [4.69, 9.17) is 37.9 Å². The van der Waals surface area contributed by atoms with Gasteiger partial charge in [0.15, 0.2) is 23.4 Å². The molecule has 0 aromatic rings. The maximum Gasteiger partial charge on any atom is 0.303 e. The summed E-state index contributed by atoms with van der Waals surface area (Å²) in [5.74, 6) is -6.71. The van der Waals surface area contributed by atoms with Gasteiger partial charge < -0.3 is 37.9 Å². The summed E-state index contributed by atoms with van der Waals surface area (Å²) in [7, 11) is 0. The Morgan fingerprint density at radius 1 is 0.653 bits per heavy atom. The molecule has 0 N–H and O–H groups in total. The van der Waals surface area contributed by atoms with Crippen molar-refractivity contribution in [3.8, 4) is 0 Å². The molecule has 15 heteroatoms. The molecule has 2 bridgehead atoms. The fourth-order valence-electron chi connectivity index (χ4n) is 9.04. The van der Waals surface area contributed by atoms with Crippen LogP contribution in [0.1, 0.15) is 89.0 Å². The van der Waals surface area contributed by atoms with Crippen molar-refractivity contribution in [3.63, 3.8) is 0 Å². The van der Waals surface area contributed by atoms with E-state index in [1.807, 2.05) is 0 Å². The van der Waals surface area contributed by atoms with Crippen LogP contribution in [0.2, 0.25) is 0 Å². The molecule has 0 aromatic heterocycles. The van der Waals surface area contributed by atoms with Crippen LogP contribution in [0.25, 0.3) is 0 Å². The molecule has 1 aliphatic heterocycles. The van der Waals surface area contributed by atoms with Gasteiger partial charge in [-0.2, -0.15) is 0 Å². The molecule has 2 saturated carbocycles. The van der Waals surface area contributed by atoms with Gasteiger partial charge in [-0.15, -0.1) is 0 Å². The second-order valence-corrected chi connectivity index (χ2v) is 14.1. The molecule has 0 unspecified atom stereocenters. The van der Waals surface area contributed by atoms with Crippen molar-refractivity contribution < 1.29 is 71.5 Å². The second-order valence-electron chi connectivity index (χ2n) is 14.1. The largest absolute Gasteiger partial charge is 0.462 e. The Kier molecular flexibility index (Phi) is 10.1. The maximum atomic E-state index is 13.3. The van der Waals surface area contributed by atoms with Crippen LogP contribution in [-0.2, 0) is 71.5 Å². The van der Waals surface area contributed by atoms with E-state index in [-0.39, 0.29) is 25.0 Å². The first-order chi connectivity index (χ1) is 22.5. The molecule has 3 aliphatic carbocycles. The van der Waals surface area contributed by atoms with Crippen LogP contribution in [0.4, 0.5) is 0 Å².